The highest BCUT2D eigenvalue weighted by atomic mass is 16.4. The molecule has 0 aromatic heterocycles. The van der Waals surface area contributed by atoms with E-state index in [-0.39, 0.29) is 49.9 Å². The van der Waals surface area contributed by atoms with E-state index in [9.17, 15) is 20.1 Å². The highest BCUT2D eigenvalue weighted by Gasteiger charge is 2.01. The second-order valence-electron chi connectivity index (χ2n) is 5.26. The number of carboxylic acid groups (broad SMARTS) is 1. The first-order valence-electron chi connectivity index (χ1n) is 10.2. The summed E-state index contributed by atoms with van der Waals surface area (Å²) in [6.45, 7) is 1.79. The summed E-state index contributed by atoms with van der Waals surface area (Å²) in [7, 11) is 0. The minimum Gasteiger partial charge on any atom is -0.481 e. The van der Waals surface area contributed by atoms with E-state index in [1.807, 2.05) is 0 Å². The zero-order valence-electron chi connectivity index (χ0n) is 18.4. The Morgan fingerprint density at radius 2 is 1.72 bits per heavy atom. The Morgan fingerprint density at radius 1 is 1.00 bits per heavy atom. The van der Waals surface area contributed by atoms with Crippen molar-refractivity contribution in [2.75, 3.05) is 0 Å². The lowest BCUT2D eigenvalue weighted by atomic mass is 10.1. The molecule has 0 aromatic rings. The third-order valence-corrected chi connectivity index (χ3v) is 2.98. The summed E-state index contributed by atoms with van der Waals surface area (Å²) in [5, 5.41) is 37.6. The number of rotatable bonds is 13. The van der Waals surface area contributed by atoms with Gasteiger partial charge in [0.25, 0.3) is 0 Å². The van der Waals surface area contributed by atoms with Gasteiger partial charge in [-0.2, -0.15) is 0 Å². The molecule has 0 radical (unpaired) electrons. The molecule has 0 saturated carbocycles. The van der Waals surface area contributed by atoms with E-state index in [0.717, 1.165) is 0 Å². The van der Waals surface area contributed by atoms with Crippen molar-refractivity contribution in [1.82, 2.24) is 0 Å². The summed E-state index contributed by atoms with van der Waals surface area (Å²) >= 11 is 0. The molecule has 25 heavy (non-hydrogen) atoms. The van der Waals surface area contributed by atoms with Crippen molar-refractivity contribution in [3.63, 3.8) is 0 Å². The fourth-order valence-corrected chi connectivity index (χ4v) is 1.54. The first kappa shape index (κ1) is 16.5. The number of aliphatic hydroxyl groups excluding tert-OH is 3. The number of carboxylic acids is 1. The number of aliphatic carboxylic acids is 1. The van der Waals surface area contributed by atoms with Crippen LogP contribution >= 0.6 is 0 Å². The Bertz CT molecular complexity index is 668. The molecule has 0 bridgehead atoms. The van der Waals surface area contributed by atoms with Crippen molar-refractivity contribution in [1.29, 1.82) is 0 Å². The molecule has 0 spiro atoms. The van der Waals surface area contributed by atoms with Gasteiger partial charge in [-0.1, -0.05) is 67.6 Å². The molecule has 5 nitrogen and oxygen atoms in total. The van der Waals surface area contributed by atoms with E-state index in [2.05, 4.69) is 0 Å². The summed E-state index contributed by atoms with van der Waals surface area (Å²) in [5.41, 5.74) is 0. The Labute approximate surface area is 155 Å². The molecule has 3 atom stereocenters. The molecule has 0 rings (SSSR count). The van der Waals surface area contributed by atoms with Crippen LogP contribution in [0.2, 0.25) is 0 Å². The Balaban J connectivity index is 4.69. The number of aliphatic hydroxyl groups is 3. The van der Waals surface area contributed by atoms with Gasteiger partial charge in [0.1, 0.15) is 0 Å². The number of hydrogen-bond acceptors (Lipinski definition) is 4. The molecule has 0 aliphatic carbocycles. The van der Waals surface area contributed by atoms with Crippen LogP contribution in [0.25, 0.3) is 0 Å². The fourth-order valence-electron chi connectivity index (χ4n) is 1.54. The fraction of sp³-hybridized carbons (Fsp3) is 0.450. The van der Waals surface area contributed by atoms with Gasteiger partial charge in [-0.3, -0.25) is 4.79 Å². The van der Waals surface area contributed by atoms with Crippen LogP contribution in [0.15, 0.2) is 60.7 Å². The Kier molecular flexibility index (Phi) is 10.3. The van der Waals surface area contributed by atoms with Gasteiger partial charge >= 0.3 is 5.97 Å². The Morgan fingerprint density at radius 3 is 2.40 bits per heavy atom. The summed E-state index contributed by atoms with van der Waals surface area (Å²) in [5.74, 6) is -0.986. The molecule has 0 unspecified atom stereocenters. The molecule has 5 heteroatoms. The lowest BCUT2D eigenvalue weighted by molar-refractivity contribution is -0.137. The maximum Gasteiger partial charge on any atom is 0.303 e. The predicted octanol–water partition coefficient (Wildman–Crippen LogP) is 2.91. The summed E-state index contributed by atoms with van der Waals surface area (Å²) in [4.78, 5) is 10.4. The highest BCUT2D eigenvalue weighted by molar-refractivity contribution is 5.66. The van der Waals surface area contributed by atoms with Crippen molar-refractivity contribution in [2.24, 2.45) is 0 Å². The van der Waals surface area contributed by atoms with Gasteiger partial charge < -0.3 is 20.4 Å². The second kappa shape index (κ2) is 15.6. The van der Waals surface area contributed by atoms with Crippen LogP contribution in [-0.2, 0) is 4.79 Å². The number of allylic oxidation sites excluding steroid dienone is 6. The van der Waals surface area contributed by atoms with Crippen LogP contribution in [0.5, 0.6) is 0 Å². The zero-order valence-corrected chi connectivity index (χ0v) is 14.4. The van der Waals surface area contributed by atoms with Gasteiger partial charge in [-0.05, 0) is 25.7 Å². The first-order chi connectivity index (χ1) is 13.6. The molecule has 0 saturated heterocycles. The lowest BCUT2D eigenvalue weighted by Crippen LogP contribution is -2.03. The van der Waals surface area contributed by atoms with E-state index in [4.69, 9.17) is 10.6 Å². The van der Waals surface area contributed by atoms with E-state index in [1.165, 1.54) is 36.5 Å². The van der Waals surface area contributed by atoms with Crippen molar-refractivity contribution >= 4 is 5.97 Å². The molecule has 0 aromatic carbocycles. The third-order valence-electron chi connectivity index (χ3n) is 2.98. The van der Waals surface area contributed by atoms with Crippen LogP contribution in [0.4, 0.5) is 0 Å². The van der Waals surface area contributed by atoms with Gasteiger partial charge in [0, 0.05) is 6.42 Å². The maximum absolute atomic E-state index is 10.4. The smallest absolute Gasteiger partial charge is 0.303 e. The van der Waals surface area contributed by atoms with Crippen LogP contribution in [0, 0.1) is 0 Å². The quantitative estimate of drug-likeness (QED) is 0.381. The minimum atomic E-state index is -1.22. The van der Waals surface area contributed by atoms with Crippen LogP contribution < -0.4 is 0 Å². The Hall–Kier alpha value is -1.95. The van der Waals surface area contributed by atoms with E-state index in [0.29, 0.717) is 6.42 Å². The van der Waals surface area contributed by atoms with Crippen LogP contribution in [0.3, 0.4) is 0 Å². The number of carbonyl (C=O) groups is 1. The number of hydrogen-bond donors (Lipinski definition) is 4. The molecule has 0 aliphatic rings. The van der Waals surface area contributed by atoms with Crippen molar-refractivity contribution < 1.29 is 30.7 Å². The SMILES string of the molecule is [2H]C(/C=C/[C@@H](O)CC)=C(\[2H])C[C@@H](O)/C=C/C=C/C([2H])=C(/[2H])[C@@H](O)CCCC(=O)O. The molecule has 0 aliphatic heterocycles. The molecule has 0 amide bonds. The second-order valence-corrected chi connectivity index (χ2v) is 5.26. The van der Waals surface area contributed by atoms with Crippen molar-refractivity contribution in [3.8, 4) is 0 Å². The molecule has 140 valence electrons. The highest BCUT2D eigenvalue weighted by Crippen LogP contribution is 2.02. The normalized spacial score (nSPS) is 20.5. The van der Waals surface area contributed by atoms with E-state index < -0.39 is 24.3 Å². The standard InChI is InChI=1S/C20H30O5/c1-2-17(21)11-8-5-9-14-18(22)12-6-3-4-7-13-19(23)15-10-16-20(24)25/h3-9,11-13,17-19,21-23H,2,10,14-16H2,1H3,(H,24,25)/b4-3+,9-5-,11-8+,12-6+,13-7-/t17-,18-,19+/m0/s1/i5D,7D,9D,13D. The third kappa shape index (κ3) is 16.7. The molecular weight excluding hydrogens is 320 g/mol. The minimum absolute atomic E-state index is 0.0771. The van der Waals surface area contributed by atoms with Gasteiger partial charge in [0.15, 0.2) is 0 Å². The molecule has 0 heterocycles. The van der Waals surface area contributed by atoms with E-state index in [1.54, 1.807) is 6.92 Å². The summed E-state index contributed by atoms with van der Waals surface area (Å²) in [6.07, 6.45) is 5.84. The largest absolute Gasteiger partial charge is 0.481 e. The first-order valence-corrected chi connectivity index (χ1v) is 8.21. The van der Waals surface area contributed by atoms with Crippen LogP contribution in [0.1, 0.15) is 44.5 Å². The molecule has 4 N–H and O–H groups in total. The van der Waals surface area contributed by atoms with Crippen molar-refractivity contribution in [3.05, 3.63) is 60.7 Å². The summed E-state index contributed by atoms with van der Waals surface area (Å²) in [6, 6.07) is -0.754. The van der Waals surface area contributed by atoms with Crippen molar-refractivity contribution in [2.45, 2.75) is 57.3 Å². The zero-order chi connectivity index (χ0) is 22.4. The average molecular weight is 354 g/mol. The molecule has 0 fully saturated rings. The topological polar surface area (TPSA) is 98.0 Å². The van der Waals surface area contributed by atoms with Gasteiger partial charge in [0.2, 0.25) is 0 Å². The average Bonchev–Trinajstić information content (AvgIpc) is 2.67. The van der Waals surface area contributed by atoms with Gasteiger partial charge in [-0.25, -0.2) is 0 Å². The van der Waals surface area contributed by atoms with Gasteiger partial charge in [0.05, 0.1) is 23.8 Å². The predicted molar refractivity (Wildman–Crippen MR) is 100 cm³/mol. The summed E-state index contributed by atoms with van der Waals surface area (Å²) < 4.78 is 30.9. The molecular formula is C20H30O5. The lowest BCUT2D eigenvalue weighted by Gasteiger charge is -2.02. The maximum atomic E-state index is 10.4. The van der Waals surface area contributed by atoms with E-state index >= 15 is 0 Å². The monoisotopic (exact) mass is 354 g/mol. The van der Waals surface area contributed by atoms with Gasteiger partial charge in [-0.15, -0.1) is 0 Å². The van der Waals surface area contributed by atoms with Crippen LogP contribution in [-0.4, -0.2) is 44.7 Å².